The number of nitrogens with two attached hydrogens (primary N) is 1. The third kappa shape index (κ3) is 2.56. The van der Waals surface area contributed by atoms with E-state index in [-0.39, 0.29) is 10.8 Å². The molecule has 0 saturated carbocycles. The SMILES string of the molecule is NS(=O)(=O)c1ccc2c(c1)C(=Cc1cccnc1)C(=O)N2. The lowest BCUT2D eigenvalue weighted by Gasteiger charge is -2.02. The Balaban J connectivity index is 2.15. The first-order valence-corrected chi connectivity index (χ1v) is 7.60. The maximum absolute atomic E-state index is 12.0. The number of hydrogen-bond donors (Lipinski definition) is 2. The zero-order valence-electron chi connectivity index (χ0n) is 10.8. The maximum atomic E-state index is 12.0. The molecule has 1 aliphatic rings. The number of pyridine rings is 1. The molecular weight excluding hydrogens is 290 g/mol. The lowest BCUT2D eigenvalue weighted by molar-refractivity contribution is -0.110. The highest BCUT2D eigenvalue weighted by Gasteiger charge is 2.25. The van der Waals surface area contributed by atoms with Crippen LogP contribution in [0.2, 0.25) is 0 Å². The predicted molar refractivity (Wildman–Crippen MR) is 78.6 cm³/mol. The molecule has 0 bridgehead atoms. The number of hydrogen-bond acceptors (Lipinski definition) is 4. The highest BCUT2D eigenvalue weighted by molar-refractivity contribution is 7.89. The monoisotopic (exact) mass is 301 g/mol. The molecule has 0 fully saturated rings. The Kier molecular flexibility index (Phi) is 3.08. The van der Waals surface area contributed by atoms with Crippen LogP contribution in [0.3, 0.4) is 0 Å². The number of anilines is 1. The second kappa shape index (κ2) is 4.80. The molecule has 21 heavy (non-hydrogen) atoms. The minimum Gasteiger partial charge on any atom is -0.321 e. The molecule has 7 heteroatoms. The number of primary sulfonamides is 1. The predicted octanol–water partition coefficient (Wildman–Crippen LogP) is 1.22. The van der Waals surface area contributed by atoms with E-state index in [4.69, 9.17) is 5.14 Å². The number of aromatic nitrogens is 1. The van der Waals surface area contributed by atoms with Crippen LogP contribution in [0.5, 0.6) is 0 Å². The van der Waals surface area contributed by atoms with Crippen LogP contribution in [-0.4, -0.2) is 19.3 Å². The van der Waals surface area contributed by atoms with Crippen molar-refractivity contribution in [3.8, 4) is 0 Å². The molecule has 0 radical (unpaired) electrons. The molecular formula is C14H11N3O3S. The molecule has 106 valence electrons. The van der Waals surface area contributed by atoms with E-state index in [0.29, 0.717) is 16.8 Å². The maximum Gasteiger partial charge on any atom is 0.256 e. The molecule has 1 aromatic heterocycles. The first-order valence-electron chi connectivity index (χ1n) is 6.05. The summed E-state index contributed by atoms with van der Waals surface area (Å²) >= 11 is 0. The van der Waals surface area contributed by atoms with Gasteiger partial charge in [-0.05, 0) is 35.9 Å². The van der Waals surface area contributed by atoms with Crippen LogP contribution in [0, 0.1) is 0 Å². The normalized spacial score (nSPS) is 15.9. The summed E-state index contributed by atoms with van der Waals surface area (Å²) in [5.41, 5.74) is 2.19. The zero-order chi connectivity index (χ0) is 15.0. The van der Waals surface area contributed by atoms with E-state index in [2.05, 4.69) is 10.3 Å². The Morgan fingerprint density at radius 3 is 2.71 bits per heavy atom. The van der Waals surface area contributed by atoms with E-state index >= 15 is 0 Å². The molecule has 1 amide bonds. The third-order valence-corrected chi connectivity index (χ3v) is 4.01. The van der Waals surface area contributed by atoms with Gasteiger partial charge in [0.2, 0.25) is 10.0 Å². The van der Waals surface area contributed by atoms with Crippen molar-refractivity contribution >= 4 is 33.3 Å². The van der Waals surface area contributed by atoms with Crippen molar-refractivity contribution in [2.45, 2.75) is 4.90 Å². The van der Waals surface area contributed by atoms with E-state index in [0.717, 1.165) is 5.56 Å². The van der Waals surface area contributed by atoms with Crippen molar-refractivity contribution < 1.29 is 13.2 Å². The first kappa shape index (κ1) is 13.5. The van der Waals surface area contributed by atoms with Crippen LogP contribution in [0.1, 0.15) is 11.1 Å². The van der Waals surface area contributed by atoms with Gasteiger partial charge in [-0.15, -0.1) is 0 Å². The Morgan fingerprint density at radius 2 is 2.05 bits per heavy atom. The van der Waals surface area contributed by atoms with Gasteiger partial charge >= 0.3 is 0 Å². The molecule has 1 aliphatic heterocycles. The fourth-order valence-electron chi connectivity index (χ4n) is 2.12. The number of fused-ring (bicyclic) bond motifs is 1. The van der Waals surface area contributed by atoms with Gasteiger partial charge in [-0.3, -0.25) is 9.78 Å². The number of carbonyl (C=O) groups excluding carboxylic acids is 1. The summed E-state index contributed by atoms with van der Waals surface area (Å²) < 4.78 is 22.8. The third-order valence-electron chi connectivity index (χ3n) is 3.10. The van der Waals surface area contributed by atoms with Gasteiger partial charge in [0, 0.05) is 29.2 Å². The lowest BCUT2D eigenvalue weighted by atomic mass is 10.0. The number of nitrogens with zero attached hydrogens (tertiary/aromatic N) is 1. The minimum absolute atomic E-state index is 0.0326. The van der Waals surface area contributed by atoms with Gasteiger partial charge in [-0.25, -0.2) is 13.6 Å². The Morgan fingerprint density at radius 1 is 1.24 bits per heavy atom. The van der Waals surface area contributed by atoms with Gasteiger partial charge in [-0.1, -0.05) is 6.07 Å². The zero-order valence-corrected chi connectivity index (χ0v) is 11.6. The van der Waals surface area contributed by atoms with E-state index < -0.39 is 10.0 Å². The summed E-state index contributed by atoms with van der Waals surface area (Å²) in [6, 6.07) is 7.83. The average molecular weight is 301 g/mol. The van der Waals surface area contributed by atoms with Gasteiger partial charge < -0.3 is 5.32 Å². The molecule has 2 heterocycles. The fraction of sp³-hybridized carbons (Fsp3) is 0. The Labute approximate surface area is 121 Å². The molecule has 0 spiro atoms. The summed E-state index contributed by atoms with van der Waals surface area (Å²) in [6.45, 7) is 0. The fourth-order valence-corrected chi connectivity index (χ4v) is 2.66. The van der Waals surface area contributed by atoms with Crippen LogP contribution >= 0.6 is 0 Å². The molecule has 3 rings (SSSR count). The molecule has 0 unspecified atom stereocenters. The highest BCUT2D eigenvalue weighted by Crippen LogP contribution is 2.34. The summed E-state index contributed by atoms with van der Waals surface area (Å²) in [5, 5.41) is 7.80. The number of amides is 1. The highest BCUT2D eigenvalue weighted by atomic mass is 32.2. The van der Waals surface area contributed by atoms with E-state index in [1.165, 1.54) is 18.2 Å². The van der Waals surface area contributed by atoms with Crippen molar-refractivity contribution in [1.29, 1.82) is 0 Å². The van der Waals surface area contributed by atoms with Gasteiger partial charge in [0.15, 0.2) is 0 Å². The summed E-state index contributed by atoms with van der Waals surface area (Å²) in [6.07, 6.45) is 4.90. The van der Waals surface area contributed by atoms with Crippen molar-refractivity contribution in [3.05, 3.63) is 53.9 Å². The van der Waals surface area contributed by atoms with Crippen molar-refractivity contribution in [2.24, 2.45) is 5.14 Å². The number of rotatable bonds is 2. The smallest absolute Gasteiger partial charge is 0.256 e. The molecule has 0 atom stereocenters. The largest absolute Gasteiger partial charge is 0.321 e. The molecule has 0 saturated heterocycles. The second-order valence-corrected chi connectivity index (χ2v) is 6.11. The molecule has 3 N–H and O–H groups in total. The van der Waals surface area contributed by atoms with Gasteiger partial charge in [-0.2, -0.15) is 0 Å². The first-order chi connectivity index (χ1) is 9.95. The summed E-state index contributed by atoms with van der Waals surface area (Å²) in [4.78, 5) is 16.0. The van der Waals surface area contributed by atoms with Crippen LogP contribution in [-0.2, 0) is 14.8 Å². The molecule has 2 aromatic rings. The number of carbonyl (C=O) groups is 1. The van der Waals surface area contributed by atoms with Crippen LogP contribution in [0.25, 0.3) is 11.6 Å². The Hall–Kier alpha value is -2.51. The Bertz CT molecular complexity index is 858. The molecule has 0 aliphatic carbocycles. The average Bonchev–Trinajstić information content (AvgIpc) is 2.75. The number of benzene rings is 1. The quantitative estimate of drug-likeness (QED) is 0.814. The standard InChI is InChI=1S/C14H11N3O3S/c15-21(19,20)10-3-4-13-11(7-10)12(14(18)17-13)6-9-2-1-5-16-8-9/h1-8H,(H,17,18)(H2,15,19,20). The number of sulfonamides is 1. The van der Waals surface area contributed by atoms with E-state index in [1.807, 2.05) is 0 Å². The molecule has 1 aromatic carbocycles. The van der Waals surface area contributed by atoms with Crippen LogP contribution < -0.4 is 10.5 Å². The van der Waals surface area contributed by atoms with Crippen LogP contribution in [0.15, 0.2) is 47.6 Å². The lowest BCUT2D eigenvalue weighted by Crippen LogP contribution is -2.12. The van der Waals surface area contributed by atoms with Crippen molar-refractivity contribution in [2.75, 3.05) is 5.32 Å². The second-order valence-electron chi connectivity index (χ2n) is 4.55. The van der Waals surface area contributed by atoms with Gasteiger partial charge in [0.1, 0.15) is 0 Å². The summed E-state index contributed by atoms with van der Waals surface area (Å²) in [7, 11) is -3.82. The topological polar surface area (TPSA) is 102 Å². The van der Waals surface area contributed by atoms with Crippen molar-refractivity contribution in [1.82, 2.24) is 4.98 Å². The van der Waals surface area contributed by atoms with Crippen LogP contribution in [0.4, 0.5) is 5.69 Å². The molecule has 6 nitrogen and oxygen atoms in total. The van der Waals surface area contributed by atoms with Gasteiger partial charge in [0.25, 0.3) is 5.91 Å². The van der Waals surface area contributed by atoms with E-state index in [1.54, 1.807) is 30.6 Å². The van der Waals surface area contributed by atoms with Gasteiger partial charge in [0.05, 0.1) is 4.90 Å². The number of nitrogens with one attached hydrogen (secondary N) is 1. The summed E-state index contributed by atoms with van der Waals surface area (Å²) in [5.74, 6) is -0.291. The van der Waals surface area contributed by atoms with Crippen molar-refractivity contribution in [3.63, 3.8) is 0 Å². The van der Waals surface area contributed by atoms with E-state index in [9.17, 15) is 13.2 Å². The minimum atomic E-state index is -3.82.